The number of hydrogen-bond donors (Lipinski definition) is 3. The number of rotatable bonds is 7. The minimum atomic E-state index is -4.54. The van der Waals surface area contributed by atoms with Crippen LogP contribution in [-0.4, -0.2) is 30.4 Å². The minimum Gasteiger partial charge on any atom is -0.350 e. The van der Waals surface area contributed by atoms with Gasteiger partial charge in [0.15, 0.2) is 0 Å². The van der Waals surface area contributed by atoms with Crippen LogP contribution in [0.1, 0.15) is 60.1 Å². The van der Waals surface area contributed by atoms with Gasteiger partial charge in [0, 0.05) is 28.7 Å². The molecule has 0 spiro atoms. The van der Waals surface area contributed by atoms with Crippen LogP contribution in [0.2, 0.25) is 5.02 Å². The molecule has 0 heterocycles. The van der Waals surface area contributed by atoms with Gasteiger partial charge < -0.3 is 16.0 Å². The average molecular weight is 482 g/mol. The smallest absolute Gasteiger partial charge is 0.350 e. The third-order valence-electron chi connectivity index (χ3n) is 5.81. The molecule has 3 rings (SSSR count). The molecule has 1 fully saturated rings. The van der Waals surface area contributed by atoms with Gasteiger partial charge in [-0.2, -0.15) is 13.2 Å². The normalized spacial score (nSPS) is 19.5. The van der Waals surface area contributed by atoms with Crippen molar-refractivity contribution in [1.29, 1.82) is 0 Å². The lowest BCUT2D eigenvalue weighted by atomic mass is 9.89. The Morgan fingerprint density at radius 2 is 1.73 bits per heavy atom. The van der Waals surface area contributed by atoms with Gasteiger partial charge in [0.1, 0.15) is 0 Å². The van der Waals surface area contributed by atoms with Crippen molar-refractivity contribution in [3.63, 3.8) is 0 Å². The Balaban J connectivity index is 1.53. The van der Waals surface area contributed by atoms with E-state index >= 15 is 0 Å². The van der Waals surface area contributed by atoms with Gasteiger partial charge in [-0.3, -0.25) is 9.59 Å². The number of halogens is 4. The molecule has 2 aromatic carbocycles. The summed E-state index contributed by atoms with van der Waals surface area (Å²) in [6.45, 7) is 1.73. The van der Waals surface area contributed by atoms with Gasteiger partial charge in [-0.25, -0.2) is 0 Å². The molecule has 1 unspecified atom stereocenters. The van der Waals surface area contributed by atoms with Gasteiger partial charge in [-0.05, 0) is 55.7 Å². The highest BCUT2D eigenvalue weighted by molar-refractivity contribution is 6.30. The summed E-state index contributed by atoms with van der Waals surface area (Å²) in [7, 11) is 0. The van der Waals surface area contributed by atoms with Crippen LogP contribution in [0.4, 0.5) is 13.2 Å². The van der Waals surface area contributed by atoms with E-state index < -0.39 is 17.6 Å². The lowest BCUT2D eigenvalue weighted by Crippen LogP contribution is -2.53. The number of hydrogen-bond acceptors (Lipinski definition) is 3. The Hall–Kier alpha value is -2.58. The van der Waals surface area contributed by atoms with Crippen LogP contribution in [0.25, 0.3) is 0 Å². The molecule has 1 aliphatic rings. The lowest BCUT2D eigenvalue weighted by Gasteiger charge is -2.35. The fourth-order valence-electron chi connectivity index (χ4n) is 4.03. The zero-order valence-corrected chi connectivity index (χ0v) is 19.0. The quantitative estimate of drug-likeness (QED) is 0.528. The number of benzene rings is 2. The molecule has 33 heavy (non-hydrogen) atoms. The molecule has 0 aliphatic heterocycles. The number of nitrogens with one attached hydrogen (secondary N) is 3. The maximum Gasteiger partial charge on any atom is 0.416 e. The molecule has 1 saturated carbocycles. The first-order valence-electron chi connectivity index (χ1n) is 10.9. The van der Waals surface area contributed by atoms with Crippen molar-refractivity contribution in [3.8, 4) is 0 Å². The summed E-state index contributed by atoms with van der Waals surface area (Å²) < 4.78 is 38.6. The summed E-state index contributed by atoms with van der Waals surface area (Å²) in [4.78, 5) is 24.7. The third-order valence-corrected chi connectivity index (χ3v) is 6.06. The summed E-state index contributed by atoms with van der Waals surface area (Å²) in [6, 6.07) is 11.7. The second-order valence-corrected chi connectivity index (χ2v) is 8.70. The van der Waals surface area contributed by atoms with Crippen molar-refractivity contribution >= 4 is 23.4 Å². The first-order valence-corrected chi connectivity index (χ1v) is 11.3. The fraction of sp³-hybridized carbons (Fsp3) is 0.417. The van der Waals surface area contributed by atoms with Crippen molar-refractivity contribution in [3.05, 3.63) is 70.2 Å². The number of amides is 2. The molecule has 3 atom stereocenters. The topological polar surface area (TPSA) is 70.2 Å². The molecule has 2 amide bonds. The van der Waals surface area contributed by atoms with E-state index in [2.05, 4.69) is 16.0 Å². The molecular formula is C24H27ClF3N3O2. The number of alkyl halides is 3. The van der Waals surface area contributed by atoms with Crippen molar-refractivity contribution in [1.82, 2.24) is 16.0 Å². The van der Waals surface area contributed by atoms with Gasteiger partial charge in [-0.15, -0.1) is 0 Å². The zero-order valence-electron chi connectivity index (χ0n) is 18.2. The van der Waals surface area contributed by atoms with Crippen molar-refractivity contribution in [2.45, 2.75) is 56.9 Å². The van der Waals surface area contributed by atoms with E-state index in [1.54, 1.807) is 0 Å². The molecule has 0 radical (unpaired) electrons. The van der Waals surface area contributed by atoms with Crippen LogP contribution < -0.4 is 16.0 Å². The van der Waals surface area contributed by atoms with Gasteiger partial charge in [0.2, 0.25) is 5.91 Å². The SMILES string of the molecule is CC(N[C@H]1CCCC[C@H]1NC(=O)CNC(=O)c1cccc(C(F)(F)F)c1)c1ccc(Cl)cc1. The van der Waals surface area contributed by atoms with E-state index in [-0.39, 0.29) is 36.1 Å². The highest BCUT2D eigenvalue weighted by atomic mass is 35.5. The monoisotopic (exact) mass is 481 g/mol. The van der Waals surface area contributed by atoms with Gasteiger partial charge >= 0.3 is 6.18 Å². The molecule has 0 bridgehead atoms. The van der Waals surface area contributed by atoms with E-state index in [9.17, 15) is 22.8 Å². The third kappa shape index (κ3) is 7.20. The Morgan fingerprint density at radius 1 is 1.06 bits per heavy atom. The standard InChI is InChI=1S/C24H27ClF3N3O2/c1-15(16-9-11-19(25)12-10-16)30-20-7-2-3-8-21(20)31-22(32)14-29-23(33)17-5-4-6-18(13-17)24(26,27)28/h4-6,9-13,15,20-21,30H,2-3,7-8,14H2,1H3,(H,29,33)(H,31,32)/t15?,20-,21+/m0/s1. The fourth-order valence-corrected chi connectivity index (χ4v) is 4.16. The van der Waals surface area contributed by atoms with Crippen LogP contribution in [0.15, 0.2) is 48.5 Å². The van der Waals surface area contributed by atoms with Gasteiger partial charge in [0.05, 0.1) is 12.1 Å². The predicted molar refractivity (Wildman–Crippen MR) is 121 cm³/mol. The average Bonchev–Trinajstić information content (AvgIpc) is 2.78. The summed E-state index contributed by atoms with van der Waals surface area (Å²) >= 11 is 5.96. The molecule has 5 nitrogen and oxygen atoms in total. The molecule has 178 valence electrons. The molecular weight excluding hydrogens is 455 g/mol. The first kappa shape index (κ1) is 25.1. The highest BCUT2D eigenvalue weighted by Gasteiger charge is 2.31. The number of carbonyl (C=O) groups is 2. The molecule has 9 heteroatoms. The highest BCUT2D eigenvalue weighted by Crippen LogP contribution is 2.29. The largest absolute Gasteiger partial charge is 0.416 e. The second kappa shape index (κ2) is 11.0. The van der Waals surface area contributed by atoms with Crippen LogP contribution in [0.3, 0.4) is 0 Å². The Kier molecular flexibility index (Phi) is 8.37. The second-order valence-electron chi connectivity index (χ2n) is 8.27. The molecule has 0 aromatic heterocycles. The van der Waals surface area contributed by atoms with Gasteiger partial charge in [0.25, 0.3) is 5.91 Å². The van der Waals surface area contributed by atoms with E-state index in [1.807, 2.05) is 31.2 Å². The van der Waals surface area contributed by atoms with Crippen LogP contribution in [0.5, 0.6) is 0 Å². The summed E-state index contributed by atoms with van der Waals surface area (Å²) in [5.41, 5.74) is 0.0283. The first-order chi connectivity index (χ1) is 15.6. The maximum atomic E-state index is 12.9. The van der Waals surface area contributed by atoms with Crippen LogP contribution >= 0.6 is 11.6 Å². The Morgan fingerprint density at radius 3 is 2.39 bits per heavy atom. The van der Waals surface area contributed by atoms with E-state index in [4.69, 9.17) is 11.6 Å². The summed E-state index contributed by atoms with van der Waals surface area (Å²) in [5, 5.41) is 9.60. The maximum absolute atomic E-state index is 12.9. The molecule has 0 saturated heterocycles. The predicted octanol–water partition coefficient (Wildman–Crippen LogP) is 4.87. The molecule has 3 N–H and O–H groups in total. The minimum absolute atomic E-state index is 0.0605. The zero-order chi connectivity index (χ0) is 24.0. The van der Waals surface area contributed by atoms with E-state index in [1.165, 1.54) is 6.07 Å². The van der Waals surface area contributed by atoms with Crippen LogP contribution in [0, 0.1) is 0 Å². The number of carbonyl (C=O) groups excluding carboxylic acids is 2. The Labute approximate surface area is 196 Å². The van der Waals surface area contributed by atoms with Crippen LogP contribution in [-0.2, 0) is 11.0 Å². The van der Waals surface area contributed by atoms with Crippen molar-refractivity contribution < 1.29 is 22.8 Å². The van der Waals surface area contributed by atoms with E-state index in [0.717, 1.165) is 49.4 Å². The van der Waals surface area contributed by atoms with Gasteiger partial charge in [-0.1, -0.05) is 42.6 Å². The van der Waals surface area contributed by atoms with Crippen molar-refractivity contribution in [2.75, 3.05) is 6.54 Å². The van der Waals surface area contributed by atoms with Crippen molar-refractivity contribution in [2.24, 2.45) is 0 Å². The lowest BCUT2D eigenvalue weighted by molar-refractivity contribution is -0.137. The van der Waals surface area contributed by atoms with E-state index in [0.29, 0.717) is 5.02 Å². The summed E-state index contributed by atoms with van der Waals surface area (Å²) in [5.74, 6) is -1.11. The summed E-state index contributed by atoms with van der Waals surface area (Å²) in [6.07, 6.45) is -0.809. The molecule has 1 aliphatic carbocycles. The molecule has 2 aromatic rings. The Bertz CT molecular complexity index is 966.